The summed E-state index contributed by atoms with van der Waals surface area (Å²) in [5.74, 6) is -0.398. The van der Waals surface area contributed by atoms with Crippen LogP contribution >= 0.6 is 0 Å². The Morgan fingerprint density at radius 2 is 2.14 bits per heavy atom. The molecule has 156 valence electrons. The van der Waals surface area contributed by atoms with Gasteiger partial charge in [-0.1, -0.05) is 0 Å². The third-order valence-electron chi connectivity index (χ3n) is 5.50. The van der Waals surface area contributed by atoms with Crippen molar-refractivity contribution in [3.63, 3.8) is 0 Å². The topological polar surface area (TPSA) is 120 Å². The fourth-order valence-corrected chi connectivity index (χ4v) is 3.82. The molecule has 1 aliphatic heterocycles. The summed E-state index contributed by atoms with van der Waals surface area (Å²) in [6.45, 7) is 5.04. The van der Waals surface area contributed by atoms with Crippen molar-refractivity contribution < 1.29 is 19.4 Å². The van der Waals surface area contributed by atoms with Crippen LogP contribution in [0.25, 0.3) is 0 Å². The molecule has 1 aliphatic carbocycles. The molecule has 2 aliphatic rings. The van der Waals surface area contributed by atoms with E-state index in [1.807, 2.05) is 0 Å². The number of morpholine rings is 1. The summed E-state index contributed by atoms with van der Waals surface area (Å²) in [6.07, 6.45) is 5.47. The SMILES string of the molecule is O=C(CCc1cn[nH]c1)N[C@@H]1C[C@H](C(=O)NCCCN2CCOCC2)C[C@H]1O. The summed E-state index contributed by atoms with van der Waals surface area (Å²) in [6, 6.07) is -0.360. The molecule has 2 fully saturated rings. The molecule has 9 nitrogen and oxygen atoms in total. The van der Waals surface area contributed by atoms with Crippen molar-refractivity contribution in [2.45, 2.75) is 44.2 Å². The molecule has 28 heavy (non-hydrogen) atoms. The van der Waals surface area contributed by atoms with Crippen LogP contribution < -0.4 is 10.6 Å². The van der Waals surface area contributed by atoms with Crippen LogP contribution in [0.3, 0.4) is 0 Å². The average molecular weight is 393 g/mol. The molecule has 0 spiro atoms. The van der Waals surface area contributed by atoms with E-state index in [1.54, 1.807) is 12.4 Å². The highest BCUT2D eigenvalue weighted by atomic mass is 16.5. The van der Waals surface area contributed by atoms with Gasteiger partial charge in [0.1, 0.15) is 0 Å². The molecule has 1 saturated heterocycles. The highest BCUT2D eigenvalue weighted by molar-refractivity contribution is 5.80. The lowest BCUT2D eigenvalue weighted by Gasteiger charge is -2.26. The standard InChI is InChI=1S/C19H31N5O4/c25-17-11-15(19(27)20-4-1-5-24-6-8-28-9-7-24)10-16(17)23-18(26)3-2-14-12-21-22-13-14/h12-13,15-17,25H,1-11H2,(H,20,27)(H,21,22)(H,23,26)/t15-,16+,17+/m0/s1. The lowest BCUT2D eigenvalue weighted by molar-refractivity contribution is -0.125. The fraction of sp³-hybridized carbons (Fsp3) is 0.737. The molecule has 0 unspecified atom stereocenters. The van der Waals surface area contributed by atoms with Crippen LogP contribution in [0, 0.1) is 5.92 Å². The Hall–Kier alpha value is -1.97. The Labute approximate surface area is 165 Å². The summed E-state index contributed by atoms with van der Waals surface area (Å²) in [5.41, 5.74) is 0.969. The molecule has 0 radical (unpaired) electrons. The van der Waals surface area contributed by atoms with Crippen molar-refractivity contribution >= 4 is 11.8 Å². The van der Waals surface area contributed by atoms with Gasteiger partial charge in [-0.05, 0) is 37.8 Å². The van der Waals surface area contributed by atoms with Crippen LogP contribution in [0.1, 0.15) is 31.2 Å². The maximum atomic E-state index is 12.4. The molecule has 2 heterocycles. The highest BCUT2D eigenvalue weighted by Crippen LogP contribution is 2.26. The largest absolute Gasteiger partial charge is 0.391 e. The number of carbonyl (C=O) groups excluding carboxylic acids is 2. The quantitative estimate of drug-likeness (QED) is 0.418. The molecule has 1 aromatic heterocycles. The predicted octanol–water partition coefficient (Wildman–Crippen LogP) is -0.563. The number of aliphatic hydroxyl groups is 1. The molecule has 0 aromatic carbocycles. The Morgan fingerprint density at radius 3 is 2.89 bits per heavy atom. The number of rotatable bonds is 9. The second-order valence-corrected chi connectivity index (χ2v) is 7.61. The van der Waals surface area contributed by atoms with E-state index in [0.717, 1.165) is 44.8 Å². The number of aryl methyl sites for hydroxylation is 1. The van der Waals surface area contributed by atoms with Crippen LogP contribution in [-0.2, 0) is 20.7 Å². The number of nitrogens with zero attached hydrogens (tertiary/aromatic N) is 2. The van der Waals surface area contributed by atoms with Gasteiger partial charge in [0, 0.05) is 38.2 Å². The van der Waals surface area contributed by atoms with E-state index in [1.165, 1.54) is 0 Å². The second kappa shape index (κ2) is 10.5. The summed E-state index contributed by atoms with van der Waals surface area (Å²) in [7, 11) is 0. The van der Waals surface area contributed by atoms with Gasteiger partial charge in [0.15, 0.2) is 0 Å². The van der Waals surface area contributed by atoms with Gasteiger partial charge in [-0.2, -0.15) is 5.10 Å². The van der Waals surface area contributed by atoms with E-state index in [4.69, 9.17) is 4.74 Å². The number of carbonyl (C=O) groups is 2. The number of aliphatic hydroxyl groups excluding tert-OH is 1. The summed E-state index contributed by atoms with van der Waals surface area (Å²) < 4.78 is 5.32. The van der Waals surface area contributed by atoms with E-state index in [9.17, 15) is 14.7 Å². The first kappa shape index (κ1) is 20.8. The molecule has 4 N–H and O–H groups in total. The van der Waals surface area contributed by atoms with Gasteiger partial charge >= 0.3 is 0 Å². The van der Waals surface area contributed by atoms with Crippen LogP contribution in [0.15, 0.2) is 12.4 Å². The summed E-state index contributed by atoms with van der Waals surface area (Å²) in [4.78, 5) is 26.8. The Balaban J connectivity index is 1.31. The number of aromatic amines is 1. The van der Waals surface area contributed by atoms with Crippen molar-refractivity contribution in [1.29, 1.82) is 0 Å². The third-order valence-corrected chi connectivity index (χ3v) is 5.50. The van der Waals surface area contributed by atoms with Crippen molar-refractivity contribution in [3.8, 4) is 0 Å². The average Bonchev–Trinajstić information content (AvgIpc) is 3.34. The lowest BCUT2D eigenvalue weighted by Crippen LogP contribution is -2.40. The third kappa shape index (κ3) is 6.29. The van der Waals surface area contributed by atoms with E-state index >= 15 is 0 Å². The van der Waals surface area contributed by atoms with Crippen molar-refractivity contribution in [3.05, 3.63) is 18.0 Å². The number of H-pyrrole nitrogens is 1. The maximum absolute atomic E-state index is 12.4. The number of aromatic nitrogens is 2. The zero-order valence-electron chi connectivity index (χ0n) is 16.2. The Morgan fingerprint density at radius 1 is 1.32 bits per heavy atom. The van der Waals surface area contributed by atoms with Gasteiger partial charge < -0.3 is 20.5 Å². The molecular weight excluding hydrogens is 362 g/mol. The van der Waals surface area contributed by atoms with E-state index in [2.05, 4.69) is 25.7 Å². The minimum absolute atomic E-state index is 0.0313. The predicted molar refractivity (Wildman–Crippen MR) is 102 cm³/mol. The number of nitrogens with one attached hydrogen (secondary N) is 3. The molecule has 2 amide bonds. The molecular formula is C19H31N5O4. The zero-order chi connectivity index (χ0) is 19.8. The first-order valence-electron chi connectivity index (χ1n) is 10.1. The van der Waals surface area contributed by atoms with Crippen LogP contribution in [0.5, 0.6) is 0 Å². The second-order valence-electron chi connectivity index (χ2n) is 7.61. The molecule has 3 atom stereocenters. The van der Waals surface area contributed by atoms with Gasteiger partial charge in [0.25, 0.3) is 0 Å². The van der Waals surface area contributed by atoms with Gasteiger partial charge in [0.2, 0.25) is 11.8 Å². The summed E-state index contributed by atoms with van der Waals surface area (Å²) >= 11 is 0. The smallest absolute Gasteiger partial charge is 0.223 e. The van der Waals surface area contributed by atoms with Crippen molar-refractivity contribution in [2.75, 3.05) is 39.4 Å². The molecule has 1 aromatic rings. The zero-order valence-corrected chi connectivity index (χ0v) is 16.2. The first-order chi connectivity index (χ1) is 13.6. The van der Waals surface area contributed by atoms with E-state index < -0.39 is 6.10 Å². The van der Waals surface area contributed by atoms with Crippen LogP contribution in [0.2, 0.25) is 0 Å². The lowest BCUT2D eigenvalue weighted by atomic mass is 10.1. The highest BCUT2D eigenvalue weighted by Gasteiger charge is 2.37. The normalized spacial score (nSPS) is 25.5. The maximum Gasteiger partial charge on any atom is 0.223 e. The van der Waals surface area contributed by atoms with E-state index in [0.29, 0.717) is 32.2 Å². The van der Waals surface area contributed by atoms with Crippen molar-refractivity contribution in [1.82, 2.24) is 25.7 Å². The minimum Gasteiger partial charge on any atom is -0.391 e. The van der Waals surface area contributed by atoms with Gasteiger partial charge in [-0.15, -0.1) is 0 Å². The monoisotopic (exact) mass is 393 g/mol. The number of ether oxygens (including phenoxy) is 1. The van der Waals surface area contributed by atoms with Crippen molar-refractivity contribution in [2.24, 2.45) is 5.92 Å². The number of hydrogen-bond donors (Lipinski definition) is 4. The van der Waals surface area contributed by atoms with Gasteiger partial charge in [0.05, 0.1) is 31.6 Å². The van der Waals surface area contributed by atoms with Gasteiger partial charge in [-0.3, -0.25) is 19.6 Å². The summed E-state index contributed by atoms with van der Waals surface area (Å²) in [5, 5.41) is 22.6. The van der Waals surface area contributed by atoms with Gasteiger partial charge in [-0.25, -0.2) is 0 Å². The molecule has 3 rings (SSSR count). The van der Waals surface area contributed by atoms with Crippen LogP contribution in [0.4, 0.5) is 0 Å². The molecule has 9 heteroatoms. The first-order valence-corrected chi connectivity index (χ1v) is 10.1. The Bertz CT molecular complexity index is 618. The minimum atomic E-state index is -0.679. The molecule has 1 saturated carbocycles. The Kier molecular flexibility index (Phi) is 7.81. The molecule has 0 bridgehead atoms. The fourth-order valence-electron chi connectivity index (χ4n) is 3.82. The number of amides is 2. The number of hydrogen-bond acceptors (Lipinski definition) is 6. The van der Waals surface area contributed by atoms with Crippen LogP contribution in [-0.4, -0.2) is 83.6 Å². The van der Waals surface area contributed by atoms with E-state index in [-0.39, 0.29) is 23.8 Å².